The van der Waals surface area contributed by atoms with Crippen molar-refractivity contribution in [2.24, 2.45) is 7.05 Å². The normalized spacial score (nSPS) is 13.9. The van der Waals surface area contributed by atoms with E-state index < -0.39 is 0 Å². The van der Waals surface area contributed by atoms with Crippen molar-refractivity contribution >= 4 is 0 Å². The number of nitrogens with zero attached hydrogens (tertiary/aromatic N) is 2. The van der Waals surface area contributed by atoms with Gasteiger partial charge in [0.1, 0.15) is 0 Å². The summed E-state index contributed by atoms with van der Waals surface area (Å²) in [7, 11) is 5.64. The molecule has 0 aromatic carbocycles. The molecule has 4 heteroatoms. The fraction of sp³-hybridized carbons (Fsp3) is 0.750. The van der Waals surface area contributed by atoms with E-state index in [0.717, 1.165) is 17.9 Å². The minimum atomic E-state index is 0.0407. The van der Waals surface area contributed by atoms with Gasteiger partial charge in [-0.1, -0.05) is 13.8 Å². The van der Waals surface area contributed by atoms with Crippen molar-refractivity contribution in [2.45, 2.75) is 38.6 Å². The van der Waals surface area contributed by atoms with E-state index in [0.29, 0.717) is 6.04 Å². The van der Waals surface area contributed by atoms with Crippen LogP contribution >= 0.6 is 0 Å². The third-order valence-corrected chi connectivity index (χ3v) is 3.08. The Kier molecular flexibility index (Phi) is 3.97. The van der Waals surface area contributed by atoms with Crippen LogP contribution in [0, 0.1) is 0 Å². The molecule has 92 valence electrons. The van der Waals surface area contributed by atoms with Crippen LogP contribution < -0.4 is 10.1 Å². The van der Waals surface area contributed by atoms with E-state index in [-0.39, 0.29) is 5.41 Å². The molecule has 0 fully saturated rings. The van der Waals surface area contributed by atoms with Crippen LogP contribution in [0.1, 0.15) is 32.9 Å². The molecule has 0 amide bonds. The summed E-state index contributed by atoms with van der Waals surface area (Å²) in [5.41, 5.74) is 1.19. The van der Waals surface area contributed by atoms with Crippen molar-refractivity contribution in [1.29, 1.82) is 0 Å². The molecule has 0 aliphatic heterocycles. The summed E-state index contributed by atoms with van der Waals surface area (Å²) in [6, 6.07) is 0.467. The second kappa shape index (κ2) is 4.87. The summed E-state index contributed by atoms with van der Waals surface area (Å²) < 4.78 is 7.27. The SMILES string of the molecule is CNC(C)CC(C)(C)c1c(OC)cnn1C. The first kappa shape index (κ1) is 13.0. The quantitative estimate of drug-likeness (QED) is 0.829. The summed E-state index contributed by atoms with van der Waals surface area (Å²) >= 11 is 0. The molecule has 1 heterocycles. The summed E-state index contributed by atoms with van der Waals surface area (Å²) in [6.45, 7) is 6.63. The number of aryl methyl sites for hydroxylation is 1. The standard InChI is InChI=1S/C12H23N3O/c1-9(13-4)7-12(2,3)11-10(16-6)8-14-15(11)5/h8-9,13H,7H2,1-6H3. The molecule has 0 saturated heterocycles. The molecule has 1 aromatic rings. The van der Waals surface area contributed by atoms with Gasteiger partial charge in [-0.3, -0.25) is 4.68 Å². The molecule has 1 N–H and O–H groups in total. The molecule has 1 aromatic heterocycles. The monoisotopic (exact) mass is 225 g/mol. The van der Waals surface area contributed by atoms with Crippen LogP contribution in [0.15, 0.2) is 6.20 Å². The summed E-state index contributed by atoms with van der Waals surface area (Å²) in [4.78, 5) is 0. The highest BCUT2D eigenvalue weighted by Crippen LogP contribution is 2.34. The zero-order valence-corrected chi connectivity index (χ0v) is 11.2. The molecule has 0 aliphatic rings. The lowest BCUT2D eigenvalue weighted by Gasteiger charge is -2.28. The van der Waals surface area contributed by atoms with E-state index in [4.69, 9.17) is 4.74 Å². The number of aromatic nitrogens is 2. The Morgan fingerprint density at radius 3 is 2.69 bits per heavy atom. The maximum Gasteiger partial charge on any atom is 0.160 e. The van der Waals surface area contributed by atoms with Gasteiger partial charge in [-0.25, -0.2) is 0 Å². The van der Waals surface area contributed by atoms with Crippen LogP contribution in [-0.4, -0.2) is 30.0 Å². The predicted octanol–water partition coefficient (Wildman–Crippen LogP) is 1.70. The third kappa shape index (κ3) is 2.55. The number of rotatable bonds is 5. The number of hydrogen-bond donors (Lipinski definition) is 1. The van der Waals surface area contributed by atoms with Crippen molar-refractivity contribution in [1.82, 2.24) is 15.1 Å². The van der Waals surface area contributed by atoms with Crippen LogP contribution in [0.25, 0.3) is 0 Å². The number of methoxy groups -OCH3 is 1. The summed E-state index contributed by atoms with van der Waals surface area (Å²) in [5, 5.41) is 7.53. The molecule has 0 bridgehead atoms. The van der Waals surface area contributed by atoms with Gasteiger partial charge in [0, 0.05) is 18.5 Å². The Labute approximate surface area is 98.0 Å². The zero-order valence-electron chi connectivity index (χ0n) is 11.2. The van der Waals surface area contributed by atoms with Crippen LogP contribution in [0.4, 0.5) is 0 Å². The van der Waals surface area contributed by atoms with Crippen molar-refractivity contribution in [3.8, 4) is 5.75 Å². The molecule has 1 atom stereocenters. The van der Waals surface area contributed by atoms with Gasteiger partial charge < -0.3 is 10.1 Å². The van der Waals surface area contributed by atoms with Gasteiger partial charge in [0.05, 0.1) is 19.0 Å². The van der Waals surface area contributed by atoms with Gasteiger partial charge in [-0.2, -0.15) is 5.10 Å². The lowest BCUT2D eigenvalue weighted by atomic mass is 9.82. The Hall–Kier alpha value is -1.03. The van der Waals surface area contributed by atoms with Gasteiger partial charge in [0.2, 0.25) is 0 Å². The highest BCUT2D eigenvalue weighted by atomic mass is 16.5. The first-order chi connectivity index (χ1) is 7.42. The maximum atomic E-state index is 5.36. The Bertz CT molecular complexity index is 344. The minimum absolute atomic E-state index is 0.0407. The van der Waals surface area contributed by atoms with Crippen LogP contribution in [0.2, 0.25) is 0 Å². The maximum absolute atomic E-state index is 5.36. The fourth-order valence-corrected chi connectivity index (χ4v) is 2.30. The van der Waals surface area contributed by atoms with E-state index in [1.807, 2.05) is 18.8 Å². The molecule has 0 aliphatic carbocycles. The molecule has 16 heavy (non-hydrogen) atoms. The molecule has 0 spiro atoms. The molecule has 1 unspecified atom stereocenters. The highest BCUT2D eigenvalue weighted by molar-refractivity contribution is 5.31. The Morgan fingerprint density at radius 1 is 1.56 bits per heavy atom. The van der Waals surface area contributed by atoms with Crippen molar-refractivity contribution in [2.75, 3.05) is 14.2 Å². The van der Waals surface area contributed by atoms with Crippen molar-refractivity contribution < 1.29 is 4.74 Å². The average Bonchev–Trinajstić information content (AvgIpc) is 2.59. The molecule has 0 radical (unpaired) electrons. The minimum Gasteiger partial charge on any atom is -0.493 e. The first-order valence-electron chi connectivity index (χ1n) is 5.66. The lowest BCUT2D eigenvalue weighted by molar-refractivity contribution is 0.351. The van der Waals surface area contributed by atoms with Crippen LogP contribution in [0.5, 0.6) is 5.75 Å². The van der Waals surface area contributed by atoms with Gasteiger partial charge in [0.15, 0.2) is 5.75 Å². The van der Waals surface area contributed by atoms with E-state index in [1.165, 1.54) is 0 Å². The highest BCUT2D eigenvalue weighted by Gasteiger charge is 2.29. The van der Waals surface area contributed by atoms with E-state index in [2.05, 4.69) is 31.2 Å². The number of ether oxygens (including phenoxy) is 1. The molecular weight excluding hydrogens is 202 g/mol. The lowest BCUT2D eigenvalue weighted by Crippen LogP contribution is -2.32. The van der Waals surface area contributed by atoms with E-state index in [1.54, 1.807) is 13.3 Å². The summed E-state index contributed by atoms with van der Waals surface area (Å²) in [6.07, 6.45) is 2.82. The molecular formula is C12H23N3O. The Balaban J connectivity index is 3.00. The van der Waals surface area contributed by atoms with Crippen molar-refractivity contribution in [3.05, 3.63) is 11.9 Å². The van der Waals surface area contributed by atoms with E-state index in [9.17, 15) is 0 Å². The smallest absolute Gasteiger partial charge is 0.160 e. The van der Waals surface area contributed by atoms with E-state index >= 15 is 0 Å². The first-order valence-corrected chi connectivity index (χ1v) is 5.66. The largest absolute Gasteiger partial charge is 0.493 e. The van der Waals surface area contributed by atoms with Gasteiger partial charge >= 0.3 is 0 Å². The third-order valence-electron chi connectivity index (χ3n) is 3.08. The fourth-order valence-electron chi connectivity index (χ4n) is 2.30. The predicted molar refractivity (Wildman–Crippen MR) is 65.9 cm³/mol. The topological polar surface area (TPSA) is 39.1 Å². The van der Waals surface area contributed by atoms with Crippen LogP contribution in [0.3, 0.4) is 0 Å². The van der Waals surface area contributed by atoms with Gasteiger partial charge in [-0.05, 0) is 20.4 Å². The van der Waals surface area contributed by atoms with Crippen LogP contribution in [-0.2, 0) is 12.5 Å². The molecule has 1 rings (SSSR count). The molecule has 4 nitrogen and oxygen atoms in total. The average molecular weight is 225 g/mol. The number of nitrogens with one attached hydrogen (secondary N) is 1. The Morgan fingerprint density at radius 2 is 2.19 bits per heavy atom. The van der Waals surface area contributed by atoms with Crippen molar-refractivity contribution in [3.63, 3.8) is 0 Å². The number of hydrogen-bond acceptors (Lipinski definition) is 3. The zero-order chi connectivity index (χ0) is 12.3. The summed E-state index contributed by atoms with van der Waals surface area (Å²) in [5.74, 6) is 0.871. The second-order valence-corrected chi connectivity index (χ2v) is 4.96. The molecule has 0 saturated carbocycles. The second-order valence-electron chi connectivity index (χ2n) is 4.96. The van der Waals surface area contributed by atoms with Gasteiger partial charge in [-0.15, -0.1) is 0 Å². The van der Waals surface area contributed by atoms with Gasteiger partial charge in [0.25, 0.3) is 0 Å².